The predicted octanol–water partition coefficient (Wildman–Crippen LogP) is 0.433. The smallest absolute Gasteiger partial charge is 0.328 e. The fraction of sp³-hybridized carbons (Fsp3) is 0.125. The molecule has 23 heavy (non-hydrogen) atoms. The number of anilines is 1. The Kier molecular flexibility index (Phi) is 8.50. The molecular formula is C16H20N2O5. The first kappa shape index (κ1) is 19.9. The number of pyridine rings is 1. The topological polar surface area (TPSA) is 141 Å². The SMILES string of the molecule is COc1cc(/C=C/C(=O)O)ccc1[O-].Cc1ccc(N)[nH+]c1.O. The number of aromatic nitrogens is 1. The lowest BCUT2D eigenvalue weighted by atomic mass is 10.2. The molecule has 0 unspecified atom stereocenters. The van der Waals surface area contributed by atoms with Gasteiger partial charge in [-0.05, 0) is 36.3 Å². The maximum atomic E-state index is 11.1. The van der Waals surface area contributed by atoms with E-state index in [-0.39, 0.29) is 17.0 Å². The summed E-state index contributed by atoms with van der Waals surface area (Å²) in [5, 5.41) is 19.5. The second-order valence-electron chi connectivity index (χ2n) is 4.40. The molecular weight excluding hydrogens is 300 g/mol. The fourth-order valence-electron chi connectivity index (χ4n) is 1.47. The highest BCUT2D eigenvalue weighted by atomic mass is 16.5. The predicted molar refractivity (Wildman–Crippen MR) is 84.9 cm³/mol. The van der Waals surface area contributed by atoms with Gasteiger partial charge in [0.05, 0.1) is 13.3 Å². The van der Waals surface area contributed by atoms with Crippen LogP contribution in [0.1, 0.15) is 11.1 Å². The first-order valence-electron chi connectivity index (χ1n) is 6.42. The summed E-state index contributed by atoms with van der Waals surface area (Å²) in [5.41, 5.74) is 7.18. The van der Waals surface area contributed by atoms with Crippen LogP contribution in [0.2, 0.25) is 0 Å². The minimum Gasteiger partial charge on any atom is -0.870 e. The number of H-pyrrole nitrogens is 1. The van der Waals surface area contributed by atoms with Crippen molar-refractivity contribution in [3.8, 4) is 11.5 Å². The largest absolute Gasteiger partial charge is 0.870 e. The molecule has 1 heterocycles. The van der Waals surface area contributed by atoms with Gasteiger partial charge in [-0.2, -0.15) is 0 Å². The Balaban J connectivity index is 0.000000460. The van der Waals surface area contributed by atoms with Crippen LogP contribution in [-0.4, -0.2) is 23.7 Å². The molecule has 0 aliphatic carbocycles. The molecule has 0 amide bonds. The summed E-state index contributed by atoms with van der Waals surface area (Å²) in [6.07, 6.45) is 4.26. The lowest BCUT2D eigenvalue weighted by Crippen LogP contribution is -2.08. The quantitative estimate of drug-likeness (QED) is 0.789. The number of aromatic amines is 1. The zero-order chi connectivity index (χ0) is 16.5. The van der Waals surface area contributed by atoms with Crippen LogP contribution in [0.5, 0.6) is 11.5 Å². The van der Waals surface area contributed by atoms with E-state index in [9.17, 15) is 9.90 Å². The number of rotatable bonds is 3. The average molecular weight is 320 g/mol. The van der Waals surface area contributed by atoms with Gasteiger partial charge in [-0.1, -0.05) is 17.9 Å². The molecule has 7 nitrogen and oxygen atoms in total. The van der Waals surface area contributed by atoms with Crippen LogP contribution in [0.4, 0.5) is 5.82 Å². The number of nitrogens with one attached hydrogen (secondary N) is 1. The van der Waals surface area contributed by atoms with Crippen molar-refractivity contribution in [1.82, 2.24) is 0 Å². The van der Waals surface area contributed by atoms with Crippen molar-refractivity contribution in [2.45, 2.75) is 6.92 Å². The van der Waals surface area contributed by atoms with E-state index >= 15 is 0 Å². The van der Waals surface area contributed by atoms with Crippen LogP contribution in [0, 0.1) is 6.92 Å². The molecule has 2 rings (SSSR count). The zero-order valence-corrected chi connectivity index (χ0v) is 12.9. The number of hydrogen-bond donors (Lipinski definition) is 2. The molecule has 0 fully saturated rings. The van der Waals surface area contributed by atoms with Gasteiger partial charge in [0.25, 0.3) is 5.82 Å². The number of hydrogen-bond acceptors (Lipinski definition) is 4. The second kappa shape index (κ2) is 9.80. The fourth-order valence-corrected chi connectivity index (χ4v) is 1.47. The number of carbonyl (C=O) groups is 1. The molecule has 124 valence electrons. The Morgan fingerprint density at radius 3 is 2.52 bits per heavy atom. The van der Waals surface area contributed by atoms with Crippen molar-refractivity contribution >= 4 is 17.9 Å². The van der Waals surface area contributed by atoms with Crippen molar-refractivity contribution in [3.63, 3.8) is 0 Å². The number of aryl methyl sites for hydroxylation is 1. The van der Waals surface area contributed by atoms with E-state index in [4.69, 9.17) is 15.6 Å². The second-order valence-corrected chi connectivity index (χ2v) is 4.40. The Morgan fingerprint density at radius 2 is 2.04 bits per heavy atom. The van der Waals surface area contributed by atoms with Gasteiger partial charge in [0.2, 0.25) is 0 Å². The average Bonchev–Trinajstić information content (AvgIpc) is 2.50. The van der Waals surface area contributed by atoms with Gasteiger partial charge >= 0.3 is 5.97 Å². The van der Waals surface area contributed by atoms with Crippen LogP contribution >= 0.6 is 0 Å². The van der Waals surface area contributed by atoms with Crippen molar-refractivity contribution < 1.29 is 30.2 Å². The van der Waals surface area contributed by atoms with Crippen LogP contribution in [0.25, 0.3) is 6.08 Å². The first-order valence-corrected chi connectivity index (χ1v) is 6.42. The van der Waals surface area contributed by atoms with E-state index in [1.165, 1.54) is 36.9 Å². The number of carboxylic acids is 1. The highest BCUT2D eigenvalue weighted by Crippen LogP contribution is 2.24. The van der Waals surface area contributed by atoms with Gasteiger partial charge in [0.15, 0.2) is 0 Å². The Hall–Kier alpha value is -3.06. The van der Waals surface area contributed by atoms with Gasteiger partial charge < -0.3 is 20.4 Å². The molecule has 1 aromatic heterocycles. The molecule has 2 aromatic rings. The van der Waals surface area contributed by atoms with Crippen molar-refractivity contribution in [2.24, 2.45) is 0 Å². The number of nitrogen functional groups attached to an aromatic ring is 1. The Morgan fingerprint density at radius 1 is 1.35 bits per heavy atom. The third kappa shape index (κ3) is 7.49. The van der Waals surface area contributed by atoms with Crippen molar-refractivity contribution in [2.75, 3.05) is 12.8 Å². The number of carboxylic acid groups (broad SMARTS) is 1. The third-order valence-corrected chi connectivity index (χ3v) is 2.60. The summed E-state index contributed by atoms with van der Waals surface area (Å²) in [6, 6.07) is 8.16. The van der Waals surface area contributed by atoms with Gasteiger partial charge in [0.1, 0.15) is 5.75 Å². The Bertz CT molecular complexity index is 633. The van der Waals surface area contributed by atoms with E-state index in [0.717, 1.165) is 6.08 Å². The molecule has 0 aliphatic heterocycles. The van der Waals surface area contributed by atoms with Gasteiger partial charge in [0, 0.05) is 12.1 Å². The number of nitrogens with two attached hydrogens (primary N) is 1. The number of benzene rings is 1. The number of methoxy groups -OCH3 is 1. The molecule has 0 spiro atoms. The molecule has 6 N–H and O–H groups in total. The number of aliphatic carboxylic acids is 1. The monoisotopic (exact) mass is 320 g/mol. The van der Waals surface area contributed by atoms with Gasteiger partial charge in [-0.15, -0.1) is 0 Å². The minimum absolute atomic E-state index is 0. The molecule has 0 radical (unpaired) electrons. The van der Waals surface area contributed by atoms with Gasteiger partial charge in [-0.25, -0.2) is 9.78 Å². The van der Waals surface area contributed by atoms with Crippen LogP contribution < -0.4 is 20.6 Å². The molecule has 0 aliphatic rings. The standard InChI is InChI=1S/C10H10O4.C6H8N2.H2O/c1-14-9-6-7(2-4-8(9)11)3-5-10(12)13;1-5-2-3-6(7)8-4-5;/h2-6,11H,1H3,(H,12,13);2-4H,1H3,(H2,7,8);1H2/b5-3+;;. The summed E-state index contributed by atoms with van der Waals surface area (Å²) >= 11 is 0. The summed E-state index contributed by atoms with van der Waals surface area (Å²) < 4.78 is 4.80. The van der Waals surface area contributed by atoms with Crippen LogP contribution in [0.3, 0.4) is 0 Å². The summed E-state index contributed by atoms with van der Waals surface area (Å²) in [6.45, 7) is 2.01. The maximum Gasteiger partial charge on any atom is 0.328 e. The molecule has 7 heteroatoms. The molecule has 0 atom stereocenters. The van der Waals surface area contributed by atoms with E-state index < -0.39 is 5.97 Å². The lowest BCUT2D eigenvalue weighted by Gasteiger charge is -2.11. The number of ether oxygens (including phenoxy) is 1. The van der Waals surface area contributed by atoms with Gasteiger partial charge in [-0.3, -0.25) is 5.73 Å². The molecule has 0 saturated heterocycles. The minimum atomic E-state index is -1.03. The first-order chi connectivity index (χ1) is 10.4. The van der Waals surface area contributed by atoms with E-state index in [0.29, 0.717) is 11.4 Å². The lowest BCUT2D eigenvalue weighted by molar-refractivity contribution is -0.360. The maximum absolute atomic E-state index is 11.1. The zero-order valence-electron chi connectivity index (χ0n) is 12.9. The molecule has 0 saturated carbocycles. The third-order valence-electron chi connectivity index (χ3n) is 2.60. The Labute approximate surface area is 134 Å². The van der Waals surface area contributed by atoms with E-state index in [1.807, 2.05) is 25.3 Å². The van der Waals surface area contributed by atoms with Crippen molar-refractivity contribution in [3.05, 3.63) is 53.7 Å². The van der Waals surface area contributed by atoms with E-state index in [1.54, 1.807) is 0 Å². The molecule has 0 bridgehead atoms. The summed E-state index contributed by atoms with van der Waals surface area (Å²) in [7, 11) is 1.39. The van der Waals surface area contributed by atoms with Crippen LogP contribution in [0.15, 0.2) is 42.6 Å². The summed E-state index contributed by atoms with van der Waals surface area (Å²) in [4.78, 5) is 13.1. The summed E-state index contributed by atoms with van der Waals surface area (Å²) in [5.74, 6) is -0.344. The highest BCUT2D eigenvalue weighted by Gasteiger charge is 1.95. The van der Waals surface area contributed by atoms with Crippen molar-refractivity contribution in [1.29, 1.82) is 0 Å². The highest BCUT2D eigenvalue weighted by molar-refractivity contribution is 5.85. The normalized spacial score (nSPS) is 9.48. The molecule has 1 aromatic carbocycles. The van der Waals surface area contributed by atoms with Crippen LogP contribution in [-0.2, 0) is 4.79 Å². The van der Waals surface area contributed by atoms with E-state index in [2.05, 4.69) is 4.98 Å².